The monoisotopic (exact) mass is 216 g/mol. The van der Waals surface area contributed by atoms with Gasteiger partial charge in [-0.25, -0.2) is 0 Å². The SMILES string of the molecule is C=CC(O)c1ccc(C2CCCCC2)cc1. The maximum absolute atomic E-state index is 9.61. The van der Waals surface area contributed by atoms with Gasteiger partial charge in [0, 0.05) is 0 Å². The zero-order valence-electron chi connectivity index (χ0n) is 9.73. The third-order valence-electron chi connectivity index (χ3n) is 3.58. The summed E-state index contributed by atoms with van der Waals surface area (Å²) < 4.78 is 0. The van der Waals surface area contributed by atoms with Gasteiger partial charge >= 0.3 is 0 Å². The fourth-order valence-electron chi connectivity index (χ4n) is 2.54. The largest absolute Gasteiger partial charge is 0.384 e. The van der Waals surface area contributed by atoms with Crippen molar-refractivity contribution >= 4 is 0 Å². The van der Waals surface area contributed by atoms with Gasteiger partial charge < -0.3 is 5.11 Å². The summed E-state index contributed by atoms with van der Waals surface area (Å²) >= 11 is 0. The first-order valence-electron chi connectivity index (χ1n) is 6.21. The number of aliphatic hydroxyl groups is 1. The Hall–Kier alpha value is -1.08. The fourth-order valence-corrected chi connectivity index (χ4v) is 2.54. The van der Waals surface area contributed by atoms with E-state index < -0.39 is 6.10 Å². The molecule has 1 aliphatic carbocycles. The Labute approximate surface area is 97.8 Å². The summed E-state index contributed by atoms with van der Waals surface area (Å²) in [5.41, 5.74) is 2.37. The molecule has 0 amide bonds. The molecule has 2 rings (SSSR count). The van der Waals surface area contributed by atoms with Crippen LogP contribution in [0.15, 0.2) is 36.9 Å². The van der Waals surface area contributed by atoms with Crippen LogP contribution in [0.25, 0.3) is 0 Å². The van der Waals surface area contributed by atoms with Crippen molar-refractivity contribution in [2.45, 2.75) is 44.1 Å². The van der Waals surface area contributed by atoms with E-state index in [-0.39, 0.29) is 0 Å². The summed E-state index contributed by atoms with van der Waals surface area (Å²) in [7, 11) is 0. The molecule has 0 bridgehead atoms. The van der Waals surface area contributed by atoms with Crippen molar-refractivity contribution in [1.29, 1.82) is 0 Å². The number of rotatable bonds is 3. The van der Waals surface area contributed by atoms with Crippen molar-refractivity contribution < 1.29 is 5.11 Å². The lowest BCUT2D eigenvalue weighted by atomic mass is 9.84. The minimum Gasteiger partial charge on any atom is -0.384 e. The Morgan fingerprint density at radius 2 is 1.75 bits per heavy atom. The van der Waals surface area contributed by atoms with E-state index in [9.17, 15) is 5.11 Å². The molecule has 1 saturated carbocycles. The topological polar surface area (TPSA) is 20.2 Å². The van der Waals surface area contributed by atoms with Gasteiger partial charge in [0.15, 0.2) is 0 Å². The summed E-state index contributed by atoms with van der Waals surface area (Å²) in [6.07, 6.45) is 7.80. The second kappa shape index (κ2) is 5.31. The van der Waals surface area contributed by atoms with E-state index in [4.69, 9.17) is 0 Å². The van der Waals surface area contributed by atoms with Crippen molar-refractivity contribution in [3.05, 3.63) is 48.0 Å². The maximum Gasteiger partial charge on any atom is 0.0969 e. The van der Waals surface area contributed by atoms with Crippen molar-refractivity contribution in [2.75, 3.05) is 0 Å². The molecule has 16 heavy (non-hydrogen) atoms. The lowest BCUT2D eigenvalue weighted by molar-refractivity contribution is 0.229. The first-order valence-corrected chi connectivity index (χ1v) is 6.21. The summed E-state index contributed by atoms with van der Waals surface area (Å²) in [6, 6.07) is 8.38. The summed E-state index contributed by atoms with van der Waals surface area (Å²) in [4.78, 5) is 0. The highest BCUT2D eigenvalue weighted by Crippen LogP contribution is 2.32. The number of benzene rings is 1. The standard InChI is InChI=1S/C15H20O/c1-2-15(16)14-10-8-13(9-11-14)12-6-4-3-5-7-12/h2,8-12,15-16H,1,3-7H2. The summed E-state index contributed by atoms with van der Waals surface area (Å²) in [5, 5.41) is 9.61. The van der Waals surface area contributed by atoms with Gasteiger partial charge in [-0.1, -0.05) is 49.6 Å². The molecule has 1 aromatic carbocycles. The molecule has 0 radical (unpaired) electrons. The van der Waals surface area contributed by atoms with Crippen LogP contribution in [-0.4, -0.2) is 5.11 Å². The fraction of sp³-hybridized carbons (Fsp3) is 0.467. The van der Waals surface area contributed by atoms with Crippen LogP contribution in [0.3, 0.4) is 0 Å². The number of hydrogen-bond donors (Lipinski definition) is 1. The molecular weight excluding hydrogens is 196 g/mol. The first kappa shape index (κ1) is 11.4. The third kappa shape index (κ3) is 2.53. The van der Waals surface area contributed by atoms with Crippen molar-refractivity contribution in [2.24, 2.45) is 0 Å². The lowest BCUT2D eigenvalue weighted by Gasteiger charge is -2.22. The Bertz CT molecular complexity index is 333. The van der Waals surface area contributed by atoms with Gasteiger partial charge in [-0.2, -0.15) is 0 Å². The van der Waals surface area contributed by atoms with Crippen LogP contribution in [0, 0.1) is 0 Å². The van der Waals surface area contributed by atoms with E-state index in [2.05, 4.69) is 18.7 Å². The van der Waals surface area contributed by atoms with Gasteiger partial charge in [-0.15, -0.1) is 6.58 Å². The molecule has 0 spiro atoms. The van der Waals surface area contributed by atoms with Gasteiger partial charge in [0.1, 0.15) is 0 Å². The van der Waals surface area contributed by atoms with E-state index in [0.29, 0.717) is 0 Å². The van der Waals surface area contributed by atoms with Crippen LogP contribution in [-0.2, 0) is 0 Å². The van der Waals surface area contributed by atoms with Gasteiger partial charge in [0.2, 0.25) is 0 Å². The Morgan fingerprint density at radius 3 is 2.31 bits per heavy atom. The molecule has 86 valence electrons. The van der Waals surface area contributed by atoms with Gasteiger partial charge in [-0.05, 0) is 29.9 Å². The molecule has 1 heteroatoms. The average molecular weight is 216 g/mol. The maximum atomic E-state index is 9.61. The summed E-state index contributed by atoms with van der Waals surface area (Å²) in [5.74, 6) is 0.740. The second-order valence-electron chi connectivity index (χ2n) is 4.68. The second-order valence-corrected chi connectivity index (χ2v) is 4.68. The van der Waals surface area contributed by atoms with E-state index in [0.717, 1.165) is 11.5 Å². The van der Waals surface area contributed by atoms with Gasteiger partial charge in [0.25, 0.3) is 0 Å². The molecule has 0 heterocycles. The molecule has 1 aliphatic rings. The van der Waals surface area contributed by atoms with Crippen LogP contribution < -0.4 is 0 Å². The predicted molar refractivity (Wildman–Crippen MR) is 67.4 cm³/mol. The van der Waals surface area contributed by atoms with Crippen molar-refractivity contribution in [1.82, 2.24) is 0 Å². The van der Waals surface area contributed by atoms with Crippen LogP contribution in [0.1, 0.15) is 55.3 Å². The van der Waals surface area contributed by atoms with Crippen molar-refractivity contribution in [3.8, 4) is 0 Å². The molecular formula is C15H20O. The van der Waals surface area contributed by atoms with E-state index in [1.165, 1.54) is 37.7 Å². The molecule has 1 nitrogen and oxygen atoms in total. The van der Waals surface area contributed by atoms with E-state index >= 15 is 0 Å². The molecule has 0 aromatic heterocycles. The highest BCUT2D eigenvalue weighted by molar-refractivity contribution is 5.28. The molecule has 1 atom stereocenters. The quantitative estimate of drug-likeness (QED) is 0.758. The average Bonchev–Trinajstić information content (AvgIpc) is 2.39. The molecule has 1 fully saturated rings. The van der Waals surface area contributed by atoms with Crippen LogP contribution in [0.5, 0.6) is 0 Å². The number of hydrogen-bond acceptors (Lipinski definition) is 1. The Morgan fingerprint density at radius 1 is 1.12 bits per heavy atom. The third-order valence-corrected chi connectivity index (χ3v) is 3.58. The van der Waals surface area contributed by atoms with E-state index in [1.54, 1.807) is 6.08 Å². The highest BCUT2D eigenvalue weighted by atomic mass is 16.3. The van der Waals surface area contributed by atoms with Gasteiger partial charge in [-0.3, -0.25) is 0 Å². The predicted octanol–water partition coefficient (Wildman–Crippen LogP) is 3.95. The zero-order valence-corrected chi connectivity index (χ0v) is 9.73. The zero-order chi connectivity index (χ0) is 11.4. The van der Waals surface area contributed by atoms with E-state index in [1.807, 2.05) is 12.1 Å². The Kier molecular flexibility index (Phi) is 3.79. The van der Waals surface area contributed by atoms with Gasteiger partial charge in [0.05, 0.1) is 6.10 Å². The first-order chi connectivity index (χ1) is 7.81. The number of aliphatic hydroxyl groups excluding tert-OH is 1. The smallest absolute Gasteiger partial charge is 0.0969 e. The lowest BCUT2D eigenvalue weighted by Crippen LogP contribution is -2.04. The molecule has 0 aliphatic heterocycles. The minimum atomic E-state index is -0.527. The normalized spacial score (nSPS) is 19.3. The molecule has 1 aromatic rings. The van der Waals surface area contributed by atoms with Crippen LogP contribution >= 0.6 is 0 Å². The Balaban J connectivity index is 2.08. The minimum absolute atomic E-state index is 0.527. The van der Waals surface area contributed by atoms with Crippen LogP contribution in [0.4, 0.5) is 0 Å². The molecule has 1 N–H and O–H groups in total. The molecule has 1 unspecified atom stereocenters. The molecule has 0 saturated heterocycles. The van der Waals surface area contributed by atoms with Crippen LogP contribution in [0.2, 0.25) is 0 Å². The highest BCUT2D eigenvalue weighted by Gasteiger charge is 2.15. The summed E-state index contributed by atoms with van der Waals surface area (Å²) in [6.45, 7) is 3.60. The van der Waals surface area contributed by atoms with Crippen molar-refractivity contribution in [3.63, 3.8) is 0 Å².